The van der Waals surface area contributed by atoms with Crippen LogP contribution >= 0.6 is 22.7 Å². The zero-order chi connectivity index (χ0) is 20.5. The third kappa shape index (κ3) is 3.58. The molecule has 30 heavy (non-hydrogen) atoms. The third-order valence-electron chi connectivity index (χ3n) is 4.97. The predicted molar refractivity (Wildman–Crippen MR) is 122 cm³/mol. The summed E-state index contributed by atoms with van der Waals surface area (Å²) in [5.41, 5.74) is 5.32. The number of fused-ring (bicyclic) bond motifs is 1. The molecule has 0 radical (unpaired) electrons. The van der Waals surface area contributed by atoms with Gasteiger partial charge < -0.3 is 9.47 Å². The highest BCUT2D eigenvalue weighted by molar-refractivity contribution is 7.14. The summed E-state index contributed by atoms with van der Waals surface area (Å²) in [5, 5.41) is 8.96. The number of hydrogen-bond acceptors (Lipinski definition) is 6. The van der Waals surface area contributed by atoms with E-state index < -0.39 is 0 Å². The van der Waals surface area contributed by atoms with Gasteiger partial charge in [-0.25, -0.2) is 9.67 Å². The standard InChI is InChI=1S/C23H19N3O2S2/c1-15-5-3-6-18(16(15)2)25-23-26(19(13-30-23)22-7-4-10-29-22)24-12-17-8-9-20-21(11-17)28-14-27-20/h3-13H,14H2,1-2H3. The first-order valence-corrected chi connectivity index (χ1v) is 11.2. The SMILES string of the molecule is Cc1cccc(N=c2scc(-c3cccs3)n2N=Cc2ccc3c(c2)OCO3)c1C. The molecule has 3 heterocycles. The molecule has 0 saturated carbocycles. The molecule has 0 spiro atoms. The van der Waals surface area contributed by atoms with Crippen molar-refractivity contribution in [3.8, 4) is 22.1 Å². The second-order valence-electron chi connectivity index (χ2n) is 6.88. The Morgan fingerprint density at radius 1 is 1.00 bits per heavy atom. The van der Waals surface area contributed by atoms with Crippen LogP contribution in [-0.2, 0) is 0 Å². The van der Waals surface area contributed by atoms with Crippen molar-refractivity contribution in [1.29, 1.82) is 0 Å². The second kappa shape index (κ2) is 7.93. The Kier molecular flexibility index (Phi) is 4.98. The van der Waals surface area contributed by atoms with Gasteiger partial charge in [0.05, 0.1) is 22.5 Å². The fourth-order valence-corrected chi connectivity index (χ4v) is 4.80. The van der Waals surface area contributed by atoms with Crippen LogP contribution in [0.3, 0.4) is 0 Å². The number of thiazole rings is 1. The number of rotatable bonds is 4. The summed E-state index contributed by atoms with van der Waals surface area (Å²) >= 11 is 3.27. The van der Waals surface area contributed by atoms with Crippen LogP contribution in [0.15, 0.2) is 69.4 Å². The lowest BCUT2D eigenvalue weighted by atomic mass is 10.1. The number of ether oxygens (including phenoxy) is 2. The summed E-state index contributed by atoms with van der Waals surface area (Å²) < 4.78 is 12.8. The van der Waals surface area contributed by atoms with Gasteiger partial charge in [-0.3, -0.25) is 0 Å². The molecular formula is C23H19N3O2S2. The van der Waals surface area contributed by atoms with E-state index in [1.165, 1.54) is 11.1 Å². The van der Waals surface area contributed by atoms with Crippen molar-refractivity contribution in [3.63, 3.8) is 0 Å². The van der Waals surface area contributed by atoms with Crippen LogP contribution in [-0.4, -0.2) is 17.7 Å². The van der Waals surface area contributed by atoms with Crippen molar-refractivity contribution in [3.05, 3.63) is 80.8 Å². The Bertz CT molecular complexity index is 1300. The molecule has 0 N–H and O–H groups in total. The molecule has 2 aromatic heterocycles. The number of aryl methyl sites for hydroxylation is 1. The molecule has 0 amide bonds. The van der Waals surface area contributed by atoms with Crippen molar-refractivity contribution in [2.45, 2.75) is 13.8 Å². The molecule has 1 aliphatic heterocycles. The molecule has 5 rings (SSSR count). The van der Waals surface area contributed by atoms with Crippen LogP contribution in [0.4, 0.5) is 5.69 Å². The number of thiophene rings is 1. The lowest BCUT2D eigenvalue weighted by molar-refractivity contribution is 0.174. The van der Waals surface area contributed by atoms with Crippen LogP contribution in [0.5, 0.6) is 11.5 Å². The fourth-order valence-electron chi connectivity index (χ4n) is 3.16. The van der Waals surface area contributed by atoms with Crippen LogP contribution in [0.1, 0.15) is 16.7 Å². The first-order chi connectivity index (χ1) is 14.7. The van der Waals surface area contributed by atoms with E-state index in [2.05, 4.69) is 36.7 Å². The molecule has 2 aromatic carbocycles. The monoisotopic (exact) mass is 433 g/mol. The highest BCUT2D eigenvalue weighted by Crippen LogP contribution is 2.32. The second-order valence-corrected chi connectivity index (χ2v) is 8.66. The van der Waals surface area contributed by atoms with E-state index in [4.69, 9.17) is 19.6 Å². The Morgan fingerprint density at radius 3 is 2.77 bits per heavy atom. The van der Waals surface area contributed by atoms with Gasteiger partial charge in [0, 0.05) is 5.38 Å². The fraction of sp³-hybridized carbons (Fsp3) is 0.130. The van der Waals surface area contributed by atoms with Crippen LogP contribution in [0, 0.1) is 13.8 Å². The largest absolute Gasteiger partial charge is 0.454 e. The zero-order valence-corrected chi connectivity index (χ0v) is 18.2. The van der Waals surface area contributed by atoms with Gasteiger partial charge in [0.15, 0.2) is 11.5 Å². The van der Waals surface area contributed by atoms with Crippen molar-refractivity contribution in [2.75, 3.05) is 6.79 Å². The van der Waals surface area contributed by atoms with Gasteiger partial charge in [0.1, 0.15) is 0 Å². The molecule has 0 atom stereocenters. The Morgan fingerprint density at radius 2 is 1.90 bits per heavy atom. The lowest BCUT2D eigenvalue weighted by Crippen LogP contribution is -2.11. The van der Waals surface area contributed by atoms with E-state index in [0.717, 1.165) is 38.1 Å². The minimum atomic E-state index is 0.261. The smallest absolute Gasteiger partial charge is 0.231 e. The number of nitrogens with zero attached hydrogens (tertiary/aromatic N) is 3. The van der Waals surface area contributed by atoms with Crippen molar-refractivity contribution in [1.82, 2.24) is 4.68 Å². The molecule has 150 valence electrons. The molecule has 7 heteroatoms. The minimum absolute atomic E-state index is 0.261. The Balaban J connectivity index is 1.61. The summed E-state index contributed by atoms with van der Waals surface area (Å²) in [6.45, 7) is 4.46. The number of aromatic nitrogens is 1. The van der Waals surface area contributed by atoms with Gasteiger partial charge in [0.25, 0.3) is 0 Å². The zero-order valence-electron chi connectivity index (χ0n) is 16.5. The summed E-state index contributed by atoms with van der Waals surface area (Å²) in [7, 11) is 0. The highest BCUT2D eigenvalue weighted by atomic mass is 32.1. The first-order valence-electron chi connectivity index (χ1n) is 9.48. The van der Waals surface area contributed by atoms with Gasteiger partial charge in [-0.05, 0) is 66.2 Å². The molecule has 0 unspecified atom stereocenters. The van der Waals surface area contributed by atoms with E-state index in [1.54, 1.807) is 22.7 Å². The van der Waals surface area contributed by atoms with Crippen LogP contribution < -0.4 is 14.3 Å². The van der Waals surface area contributed by atoms with E-state index in [9.17, 15) is 0 Å². The van der Waals surface area contributed by atoms with Crippen LogP contribution in [0.25, 0.3) is 10.6 Å². The van der Waals surface area contributed by atoms with Gasteiger partial charge in [-0.1, -0.05) is 18.2 Å². The molecule has 0 saturated heterocycles. The Labute approximate surface area is 182 Å². The first kappa shape index (κ1) is 18.8. The summed E-state index contributed by atoms with van der Waals surface area (Å²) in [4.78, 5) is 6.90. The number of benzene rings is 2. The highest BCUT2D eigenvalue weighted by Gasteiger charge is 2.13. The normalized spacial score (nSPS) is 13.5. The van der Waals surface area contributed by atoms with Crippen molar-refractivity contribution in [2.24, 2.45) is 10.1 Å². The van der Waals surface area contributed by atoms with E-state index in [-0.39, 0.29) is 6.79 Å². The molecule has 4 aromatic rings. The molecular weight excluding hydrogens is 414 g/mol. The van der Waals surface area contributed by atoms with E-state index in [0.29, 0.717) is 0 Å². The van der Waals surface area contributed by atoms with Gasteiger partial charge in [-0.2, -0.15) is 5.10 Å². The average molecular weight is 434 g/mol. The van der Waals surface area contributed by atoms with Crippen molar-refractivity contribution < 1.29 is 9.47 Å². The Hall–Kier alpha value is -3.16. The molecule has 0 bridgehead atoms. The maximum Gasteiger partial charge on any atom is 0.231 e. The molecule has 1 aliphatic rings. The molecule has 5 nitrogen and oxygen atoms in total. The summed E-state index contributed by atoms with van der Waals surface area (Å²) in [6.07, 6.45) is 1.83. The van der Waals surface area contributed by atoms with Gasteiger partial charge in [0.2, 0.25) is 11.6 Å². The molecule has 0 fully saturated rings. The third-order valence-corrected chi connectivity index (χ3v) is 6.68. The maximum absolute atomic E-state index is 5.48. The maximum atomic E-state index is 5.48. The van der Waals surface area contributed by atoms with Crippen molar-refractivity contribution >= 4 is 34.6 Å². The molecule has 0 aliphatic carbocycles. The lowest BCUT2D eigenvalue weighted by Gasteiger charge is -2.04. The minimum Gasteiger partial charge on any atom is -0.454 e. The summed E-state index contributed by atoms with van der Waals surface area (Å²) in [5.74, 6) is 1.51. The topological polar surface area (TPSA) is 48.1 Å². The predicted octanol–water partition coefficient (Wildman–Crippen LogP) is 5.74. The van der Waals surface area contributed by atoms with Crippen LogP contribution in [0.2, 0.25) is 0 Å². The van der Waals surface area contributed by atoms with Gasteiger partial charge in [-0.15, -0.1) is 22.7 Å². The quantitative estimate of drug-likeness (QED) is 0.386. The summed E-state index contributed by atoms with van der Waals surface area (Å²) in [6, 6.07) is 16.1. The van der Waals surface area contributed by atoms with E-state index in [1.807, 2.05) is 47.3 Å². The van der Waals surface area contributed by atoms with E-state index >= 15 is 0 Å². The average Bonchev–Trinajstić information content (AvgIpc) is 3.50. The number of hydrogen-bond donors (Lipinski definition) is 0. The van der Waals surface area contributed by atoms with Gasteiger partial charge >= 0.3 is 0 Å².